The lowest BCUT2D eigenvalue weighted by Crippen LogP contribution is -2.45. The minimum Gasteiger partial charge on any atom is -0.468 e. The first-order valence-electron chi connectivity index (χ1n) is 7.52. The van der Waals surface area contributed by atoms with Crippen molar-refractivity contribution in [3.8, 4) is 5.75 Å². The topological polar surface area (TPSA) is 67.4 Å². The van der Waals surface area contributed by atoms with E-state index < -0.39 is 17.9 Å². The lowest BCUT2D eigenvalue weighted by molar-refractivity contribution is -0.133. The maximum atomic E-state index is 12.3. The molecule has 0 saturated heterocycles. The van der Waals surface area contributed by atoms with Crippen molar-refractivity contribution < 1.29 is 14.3 Å². The maximum absolute atomic E-state index is 12.3. The van der Waals surface area contributed by atoms with Crippen LogP contribution in [0.25, 0.3) is 0 Å². The molecule has 0 bridgehead atoms. The summed E-state index contributed by atoms with van der Waals surface area (Å²) in [5.74, 6) is -0.0552. The summed E-state index contributed by atoms with van der Waals surface area (Å²) in [6.07, 6.45) is -1.20. The zero-order valence-electron chi connectivity index (χ0n) is 13.0. The monoisotopic (exact) mass is 310 g/mol. The number of carbonyl (C=O) groups excluding carboxylic acids is 2. The number of carbonyl (C=O) groups is 2. The summed E-state index contributed by atoms with van der Waals surface area (Å²) in [6.45, 7) is 4.20. The van der Waals surface area contributed by atoms with Gasteiger partial charge in [0.15, 0.2) is 0 Å². The quantitative estimate of drug-likeness (QED) is 0.856. The van der Waals surface area contributed by atoms with Crippen molar-refractivity contribution in [2.24, 2.45) is 0 Å². The van der Waals surface area contributed by atoms with Gasteiger partial charge in [-0.2, -0.15) is 0 Å². The highest BCUT2D eigenvalue weighted by Gasteiger charge is 2.33. The molecule has 2 aromatic rings. The molecule has 5 heteroatoms. The molecule has 0 spiro atoms. The summed E-state index contributed by atoms with van der Waals surface area (Å²) in [6, 6.07) is 14.6. The van der Waals surface area contributed by atoms with E-state index in [2.05, 4.69) is 24.5 Å². The average molecular weight is 310 g/mol. The Balaban J connectivity index is 1.72. The van der Waals surface area contributed by atoms with E-state index in [1.807, 2.05) is 24.3 Å². The van der Waals surface area contributed by atoms with E-state index in [1.165, 1.54) is 5.56 Å². The predicted octanol–water partition coefficient (Wildman–Crippen LogP) is 3.15. The van der Waals surface area contributed by atoms with Crippen molar-refractivity contribution in [2.75, 3.05) is 10.6 Å². The van der Waals surface area contributed by atoms with Gasteiger partial charge in [0, 0.05) is 5.69 Å². The van der Waals surface area contributed by atoms with Gasteiger partial charge in [-0.05, 0) is 35.7 Å². The summed E-state index contributed by atoms with van der Waals surface area (Å²) >= 11 is 0. The molecule has 1 aliphatic heterocycles. The van der Waals surface area contributed by atoms with Gasteiger partial charge in [-0.25, -0.2) is 0 Å². The van der Waals surface area contributed by atoms with E-state index in [0.717, 1.165) is 0 Å². The van der Waals surface area contributed by atoms with Gasteiger partial charge in [-0.1, -0.05) is 38.1 Å². The van der Waals surface area contributed by atoms with Crippen molar-refractivity contribution in [1.29, 1.82) is 0 Å². The molecule has 0 fully saturated rings. The first kappa shape index (κ1) is 15.1. The highest BCUT2D eigenvalue weighted by molar-refractivity contribution is 6.15. The van der Waals surface area contributed by atoms with Gasteiger partial charge in [0.2, 0.25) is 0 Å². The first-order chi connectivity index (χ1) is 11.0. The highest BCUT2D eigenvalue weighted by atomic mass is 16.5. The summed E-state index contributed by atoms with van der Waals surface area (Å²) in [7, 11) is 0. The molecule has 23 heavy (non-hydrogen) atoms. The van der Waals surface area contributed by atoms with Gasteiger partial charge in [-0.3, -0.25) is 9.59 Å². The zero-order valence-corrected chi connectivity index (χ0v) is 13.0. The summed E-state index contributed by atoms with van der Waals surface area (Å²) in [5, 5.41) is 5.39. The zero-order chi connectivity index (χ0) is 16.4. The van der Waals surface area contributed by atoms with Crippen LogP contribution in [0, 0.1) is 0 Å². The molecule has 1 aliphatic rings. The molecule has 1 unspecified atom stereocenters. The number of amides is 2. The Kier molecular flexibility index (Phi) is 4.02. The molecule has 0 aromatic heterocycles. The molecule has 0 radical (unpaired) electrons. The van der Waals surface area contributed by atoms with E-state index in [-0.39, 0.29) is 0 Å². The minimum atomic E-state index is -1.20. The second kappa shape index (κ2) is 6.12. The van der Waals surface area contributed by atoms with Gasteiger partial charge < -0.3 is 15.4 Å². The van der Waals surface area contributed by atoms with Crippen LogP contribution in [0.3, 0.4) is 0 Å². The van der Waals surface area contributed by atoms with Crippen molar-refractivity contribution in [3.63, 3.8) is 0 Å². The molecule has 0 saturated carbocycles. The van der Waals surface area contributed by atoms with E-state index in [1.54, 1.807) is 24.3 Å². The number of para-hydroxylation sites is 2. The number of benzene rings is 2. The summed E-state index contributed by atoms with van der Waals surface area (Å²) < 4.78 is 5.52. The van der Waals surface area contributed by atoms with Gasteiger partial charge >= 0.3 is 0 Å². The molecule has 2 N–H and O–H groups in total. The number of nitrogens with one attached hydrogen (secondary N) is 2. The molecule has 0 aliphatic carbocycles. The Morgan fingerprint density at radius 1 is 1.13 bits per heavy atom. The van der Waals surface area contributed by atoms with E-state index >= 15 is 0 Å². The SMILES string of the molecule is CC(C)c1ccc(NC(=O)C2Oc3ccccc3NC2=O)cc1. The van der Waals surface area contributed by atoms with Crippen LogP contribution in [0.5, 0.6) is 5.75 Å². The van der Waals surface area contributed by atoms with E-state index in [0.29, 0.717) is 23.0 Å². The fourth-order valence-electron chi connectivity index (χ4n) is 2.38. The van der Waals surface area contributed by atoms with Crippen molar-refractivity contribution >= 4 is 23.2 Å². The lowest BCUT2D eigenvalue weighted by Gasteiger charge is -2.24. The fraction of sp³-hybridized carbons (Fsp3) is 0.222. The van der Waals surface area contributed by atoms with E-state index in [9.17, 15) is 9.59 Å². The van der Waals surface area contributed by atoms with Gasteiger partial charge in [-0.15, -0.1) is 0 Å². The minimum absolute atomic E-state index is 0.420. The Morgan fingerprint density at radius 2 is 1.83 bits per heavy atom. The molecule has 2 amide bonds. The number of ether oxygens (including phenoxy) is 1. The van der Waals surface area contributed by atoms with Crippen LogP contribution in [0.2, 0.25) is 0 Å². The number of rotatable bonds is 3. The predicted molar refractivity (Wildman–Crippen MR) is 88.6 cm³/mol. The van der Waals surface area contributed by atoms with Gasteiger partial charge in [0.05, 0.1) is 5.69 Å². The standard InChI is InChI=1S/C18H18N2O3/c1-11(2)12-7-9-13(10-8-12)19-17(21)16-18(22)20-14-5-3-4-6-15(14)23-16/h3-11,16H,1-2H3,(H,19,21)(H,20,22). The average Bonchev–Trinajstić information content (AvgIpc) is 2.54. The second-order valence-electron chi connectivity index (χ2n) is 5.75. The van der Waals surface area contributed by atoms with E-state index in [4.69, 9.17) is 4.74 Å². The number of anilines is 2. The fourth-order valence-corrected chi connectivity index (χ4v) is 2.38. The Hall–Kier alpha value is -2.82. The third-order valence-corrected chi connectivity index (χ3v) is 3.71. The highest BCUT2D eigenvalue weighted by Crippen LogP contribution is 2.29. The largest absolute Gasteiger partial charge is 0.468 e. The number of hydrogen-bond acceptors (Lipinski definition) is 3. The third kappa shape index (κ3) is 3.18. The Labute approximate surface area is 134 Å². The summed E-state index contributed by atoms with van der Waals surface area (Å²) in [5.41, 5.74) is 2.39. The van der Waals surface area contributed by atoms with Crippen LogP contribution in [0.1, 0.15) is 25.3 Å². The third-order valence-electron chi connectivity index (χ3n) is 3.71. The van der Waals surface area contributed by atoms with Crippen molar-refractivity contribution in [2.45, 2.75) is 25.9 Å². The number of hydrogen-bond donors (Lipinski definition) is 2. The molecule has 5 nitrogen and oxygen atoms in total. The van der Waals surface area contributed by atoms with Crippen LogP contribution < -0.4 is 15.4 Å². The smallest absolute Gasteiger partial charge is 0.275 e. The molecular formula is C18H18N2O3. The molecular weight excluding hydrogens is 292 g/mol. The Bertz CT molecular complexity index is 738. The first-order valence-corrected chi connectivity index (χ1v) is 7.52. The van der Waals surface area contributed by atoms with Crippen LogP contribution in [-0.4, -0.2) is 17.9 Å². The molecule has 1 atom stereocenters. The molecule has 1 heterocycles. The van der Waals surface area contributed by atoms with Crippen LogP contribution in [0.4, 0.5) is 11.4 Å². The normalized spacial score (nSPS) is 16.3. The summed E-state index contributed by atoms with van der Waals surface area (Å²) in [4.78, 5) is 24.3. The van der Waals surface area contributed by atoms with Gasteiger partial charge in [0.1, 0.15) is 5.75 Å². The van der Waals surface area contributed by atoms with Crippen LogP contribution >= 0.6 is 0 Å². The Morgan fingerprint density at radius 3 is 2.52 bits per heavy atom. The molecule has 2 aromatic carbocycles. The second-order valence-corrected chi connectivity index (χ2v) is 5.75. The molecule has 3 rings (SSSR count). The van der Waals surface area contributed by atoms with Crippen molar-refractivity contribution in [1.82, 2.24) is 0 Å². The lowest BCUT2D eigenvalue weighted by atomic mass is 10.0. The van der Waals surface area contributed by atoms with Crippen molar-refractivity contribution in [3.05, 3.63) is 54.1 Å². The number of fused-ring (bicyclic) bond motifs is 1. The molecule has 118 valence electrons. The van der Waals surface area contributed by atoms with Crippen LogP contribution in [-0.2, 0) is 9.59 Å². The van der Waals surface area contributed by atoms with Gasteiger partial charge in [0.25, 0.3) is 17.9 Å². The van der Waals surface area contributed by atoms with Crippen LogP contribution in [0.15, 0.2) is 48.5 Å². The maximum Gasteiger partial charge on any atom is 0.275 e.